The zero-order valence-electron chi connectivity index (χ0n) is 11.8. The zero-order chi connectivity index (χ0) is 15.8. The largest absolute Gasteiger partial charge is 0.288 e. The lowest BCUT2D eigenvalue weighted by atomic mass is 10.1. The van der Waals surface area contributed by atoms with Crippen LogP contribution in [0.1, 0.15) is 16.7 Å². The molecule has 0 spiro atoms. The molecule has 1 aromatic carbocycles. The molecule has 1 aliphatic carbocycles. The van der Waals surface area contributed by atoms with Crippen molar-refractivity contribution in [2.75, 3.05) is 0 Å². The summed E-state index contributed by atoms with van der Waals surface area (Å²) in [5.41, 5.74) is 2.41. The van der Waals surface area contributed by atoms with Crippen LogP contribution in [0, 0.1) is 20.8 Å². The Labute approximate surface area is 128 Å². The maximum atomic E-state index is 12.5. The van der Waals surface area contributed by atoms with Gasteiger partial charge in [-0.15, -0.1) is 0 Å². The third-order valence-electron chi connectivity index (χ3n) is 3.00. The van der Waals surface area contributed by atoms with Crippen LogP contribution in [0.15, 0.2) is 44.7 Å². The third-order valence-corrected chi connectivity index (χ3v) is 4.91. The van der Waals surface area contributed by atoms with E-state index in [1.807, 2.05) is 6.92 Å². The van der Waals surface area contributed by atoms with Crippen molar-refractivity contribution in [3.8, 4) is 0 Å². The Bertz CT molecular complexity index is 794. The molecule has 0 atom stereocenters. The number of hydrogen-bond donors (Lipinski definition) is 0. The van der Waals surface area contributed by atoms with Gasteiger partial charge in [-0.3, -0.25) is 4.79 Å². The fraction of sp³-hybridized carbons (Fsp3) is 0.200. The monoisotopic (exact) mass is 323 g/mol. The number of sulfonamides is 1. The Kier molecular flexibility index (Phi) is 4.16. The summed E-state index contributed by atoms with van der Waals surface area (Å²) in [5, 5.41) is -0.0520. The quantitative estimate of drug-likeness (QED) is 0.786. The first-order valence-electron chi connectivity index (χ1n) is 6.23. The van der Waals surface area contributed by atoms with Crippen molar-refractivity contribution >= 4 is 33.1 Å². The Morgan fingerprint density at radius 1 is 1.05 bits per heavy atom. The van der Waals surface area contributed by atoms with Gasteiger partial charge in [0.1, 0.15) is 0 Å². The molecule has 110 valence electrons. The van der Waals surface area contributed by atoms with Crippen molar-refractivity contribution in [1.82, 2.24) is 0 Å². The third kappa shape index (κ3) is 3.31. The number of carbonyl (C=O) groups is 1. The molecule has 1 aliphatic rings. The fourth-order valence-corrected chi connectivity index (χ4v) is 3.89. The summed E-state index contributed by atoms with van der Waals surface area (Å²) < 4.78 is 28.7. The summed E-state index contributed by atoms with van der Waals surface area (Å²) >= 11 is 5.70. The molecular formula is C15H14ClNO3S. The second kappa shape index (κ2) is 5.58. The van der Waals surface area contributed by atoms with Crippen LogP contribution in [-0.4, -0.2) is 19.9 Å². The van der Waals surface area contributed by atoms with Gasteiger partial charge in [0.25, 0.3) is 10.0 Å². The van der Waals surface area contributed by atoms with E-state index in [-0.39, 0.29) is 21.4 Å². The number of nitrogens with zero attached hydrogens (tertiary/aromatic N) is 1. The zero-order valence-corrected chi connectivity index (χ0v) is 13.4. The van der Waals surface area contributed by atoms with Crippen LogP contribution in [0.4, 0.5) is 0 Å². The maximum absolute atomic E-state index is 12.5. The average molecular weight is 324 g/mol. The smallest absolute Gasteiger partial charge is 0.283 e. The van der Waals surface area contributed by atoms with Crippen molar-refractivity contribution in [2.45, 2.75) is 25.7 Å². The summed E-state index contributed by atoms with van der Waals surface area (Å²) in [5.74, 6) is -0.365. The maximum Gasteiger partial charge on any atom is 0.283 e. The van der Waals surface area contributed by atoms with Gasteiger partial charge >= 0.3 is 0 Å². The molecule has 0 saturated heterocycles. The summed E-state index contributed by atoms with van der Waals surface area (Å²) in [7, 11) is -3.86. The minimum Gasteiger partial charge on any atom is -0.288 e. The Morgan fingerprint density at radius 2 is 1.62 bits per heavy atom. The molecule has 0 N–H and O–H groups in total. The topological polar surface area (TPSA) is 63.6 Å². The van der Waals surface area contributed by atoms with Crippen LogP contribution < -0.4 is 0 Å². The molecule has 6 heteroatoms. The molecule has 2 rings (SSSR count). The molecular weight excluding hydrogens is 310 g/mol. The average Bonchev–Trinajstić information content (AvgIpc) is 2.31. The number of hydrogen-bond acceptors (Lipinski definition) is 3. The van der Waals surface area contributed by atoms with Gasteiger partial charge in [-0.2, -0.15) is 12.8 Å². The first kappa shape index (κ1) is 15.7. The van der Waals surface area contributed by atoms with Crippen molar-refractivity contribution in [3.05, 3.63) is 52.1 Å². The molecule has 0 fully saturated rings. The van der Waals surface area contributed by atoms with Gasteiger partial charge in [0.15, 0.2) is 5.78 Å². The molecule has 0 unspecified atom stereocenters. The lowest BCUT2D eigenvalue weighted by molar-refractivity contribution is -0.110. The molecule has 0 radical (unpaired) electrons. The number of carbonyl (C=O) groups excluding carboxylic acids is 1. The van der Waals surface area contributed by atoms with Crippen molar-refractivity contribution in [1.29, 1.82) is 0 Å². The summed E-state index contributed by atoms with van der Waals surface area (Å²) in [6.45, 7) is 5.37. The van der Waals surface area contributed by atoms with Crippen LogP contribution in [0.3, 0.4) is 0 Å². The van der Waals surface area contributed by atoms with E-state index in [9.17, 15) is 13.2 Å². The predicted octanol–water partition coefficient (Wildman–Crippen LogP) is 3.00. The molecule has 4 nitrogen and oxygen atoms in total. The van der Waals surface area contributed by atoms with Gasteiger partial charge in [-0.1, -0.05) is 29.3 Å². The number of rotatable bonds is 2. The minimum absolute atomic E-state index is 0.0520. The number of aryl methyl sites for hydroxylation is 3. The highest BCUT2D eigenvalue weighted by Gasteiger charge is 2.20. The summed E-state index contributed by atoms with van der Waals surface area (Å²) in [6, 6.07) is 3.59. The van der Waals surface area contributed by atoms with Gasteiger partial charge in [0.2, 0.25) is 0 Å². The lowest BCUT2D eigenvalue weighted by Crippen LogP contribution is -2.09. The Balaban J connectivity index is 2.55. The molecule has 0 saturated carbocycles. The van der Waals surface area contributed by atoms with E-state index in [4.69, 9.17) is 11.6 Å². The molecule has 0 amide bonds. The Morgan fingerprint density at radius 3 is 2.14 bits per heavy atom. The number of halogens is 1. The highest BCUT2D eigenvalue weighted by molar-refractivity contribution is 7.90. The van der Waals surface area contributed by atoms with E-state index < -0.39 is 10.0 Å². The van der Waals surface area contributed by atoms with Crippen LogP contribution in [-0.2, 0) is 14.8 Å². The molecule has 21 heavy (non-hydrogen) atoms. The van der Waals surface area contributed by atoms with Crippen molar-refractivity contribution in [2.24, 2.45) is 4.40 Å². The molecule has 0 aliphatic heterocycles. The van der Waals surface area contributed by atoms with E-state index in [1.54, 1.807) is 26.0 Å². The van der Waals surface area contributed by atoms with Gasteiger partial charge in [0.05, 0.1) is 15.6 Å². The second-order valence-electron chi connectivity index (χ2n) is 4.91. The standard InChI is InChI=1S/C15H14ClNO3S/c1-9-6-10(2)15(11(3)7-9)21(19,20)17-12-4-5-14(18)13(16)8-12/h4-8H,1-3H3. The van der Waals surface area contributed by atoms with Crippen molar-refractivity contribution < 1.29 is 13.2 Å². The second-order valence-corrected chi connectivity index (χ2v) is 6.86. The van der Waals surface area contributed by atoms with E-state index >= 15 is 0 Å². The van der Waals surface area contributed by atoms with Crippen LogP contribution in [0.2, 0.25) is 0 Å². The van der Waals surface area contributed by atoms with Crippen LogP contribution >= 0.6 is 11.6 Å². The number of allylic oxidation sites excluding steroid dienone is 4. The molecule has 0 aromatic heterocycles. The van der Waals surface area contributed by atoms with Gasteiger partial charge in [-0.25, -0.2) is 0 Å². The van der Waals surface area contributed by atoms with Crippen LogP contribution in [0.5, 0.6) is 0 Å². The highest BCUT2D eigenvalue weighted by Crippen LogP contribution is 2.24. The molecule has 0 bridgehead atoms. The number of benzene rings is 1. The fourth-order valence-electron chi connectivity index (χ4n) is 2.30. The summed E-state index contributed by atoms with van der Waals surface area (Å²) in [4.78, 5) is 11.4. The SMILES string of the molecule is Cc1cc(C)c(S(=O)(=O)N=C2C=CC(=O)C(Cl)=C2)c(C)c1. The van der Waals surface area contributed by atoms with E-state index in [0.29, 0.717) is 11.1 Å². The lowest BCUT2D eigenvalue weighted by Gasteiger charge is -2.10. The minimum atomic E-state index is -3.86. The highest BCUT2D eigenvalue weighted by atomic mass is 35.5. The predicted molar refractivity (Wildman–Crippen MR) is 83.4 cm³/mol. The van der Waals surface area contributed by atoms with Gasteiger partial charge < -0.3 is 0 Å². The molecule has 1 aromatic rings. The van der Waals surface area contributed by atoms with E-state index in [2.05, 4.69) is 4.40 Å². The van der Waals surface area contributed by atoms with E-state index in [1.165, 1.54) is 18.2 Å². The normalized spacial score (nSPS) is 17.2. The Hall–Kier alpha value is -1.72. The van der Waals surface area contributed by atoms with Crippen LogP contribution in [0.25, 0.3) is 0 Å². The van der Waals surface area contributed by atoms with Gasteiger partial charge in [0, 0.05) is 0 Å². The summed E-state index contributed by atoms with van der Waals surface area (Å²) in [6.07, 6.45) is 3.79. The van der Waals surface area contributed by atoms with E-state index in [0.717, 1.165) is 5.56 Å². The first-order valence-corrected chi connectivity index (χ1v) is 8.05. The first-order chi connectivity index (χ1) is 9.70. The number of ketones is 1. The van der Waals surface area contributed by atoms with Gasteiger partial charge in [-0.05, 0) is 50.1 Å². The molecule has 0 heterocycles. The van der Waals surface area contributed by atoms with Crippen molar-refractivity contribution in [3.63, 3.8) is 0 Å².